The van der Waals surface area contributed by atoms with Gasteiger partial charge in [-0.25, -0.2) is 0 Å². The number of hydrogen-bond acceptors (Lipinski definition) is 2. The zero-order valence-electron chi connectivity index (χ0n) is 11.0. The van der Waals surface area contributed by atoms with E-state index in [4.69, 9.17) is 0 Å². The fourth-order valence-electron chi connectivity index (χ4n) is 2.18. The first kappa shape index (κ1) is 12.9. The van der Waals surface area contributed by atoms with Gasteiger partial charge < -0.3 is 10.2 Å². The summed E-state index contributed by atoms with van der Waals surface area (Å²) >= 11 is 0. The molecule has 0 aliphatic heterocycles. The zero-order valence-corrected chi connectivity index (χ0v) is 11.0. The zero-order chi connectivity index (χ0) is 12.6. The fourth-order valence-corrected chi connectivity index (χ4v) is 2.18. The minimum atomic E-state index is 0.211. The van der Waals surface area contributed by atoms with Crippen molar-refractivity contribution < 1.29 is 10.2 Å². The van der Waals surface area contributed by atoms with Crippen LogP contribution in [0.25, 0.3) is 0 Å². The first-order valence-electron chi connectivity index (χ1n) is 5.83. The Kier molecular flexibility index (Phi) is 3.51. The minimum Gasteiger partial charge on any atom is -0.507 e. The van der Waals surface area contributed by atoms with Gasteiger partial charge in [-0.15, -0.1) is 0 Å². The summed E-state index contributed by atoms with van der Waals surface area (Å²) in [6.45, 7) is 11.8. The van der Waals surface area contributed by atoms with E-state index in [1.54, 1.807) is 0 Å². The largest absolute Gasteiger partial charge is 0.507 e. The highest BCUT2D eigenvalue weighted by molar-refractivity contribution is 5.59. The van der Waals surface area contributed by atoms with Crippen LogP contribution in [-0.4, -0.2) is 10.2 Å². The Balaban J connectivity index is 3.69. The molecule has 0 amide bonds. The predicted octanol–water partition coefficient (Wildman–Crippen LogP) is 3.96. The summed E-state index contributed by atoms with van der Waals surface area (Å²) in [4.78, 5) is 0. The van der Waals surface area contributed by atoms with Crippen molar-refractivity contribution in [1.82, 2.24) is 0 Å². The highest BCUT2D eigenvalue weighted by Gasteiger charge is 2.22. The summed E-state index contributed by atoms with van der Waals surface area (Å²) in [5.74, 6) is 1.10. The molecule has 0 aliphatic carbocycles. The van der Waals surface area contributed by atoms with E-state index in [0.717, 1.165) is 22.3 Å². The molecule has 0 saturated carbocycles. The standard InChI is InChI=1S/C14H22O2/c1-7(2)11-12(8(3)4)14(16)10(6)9(5)13(11)15/h7-8,15-16H,1-6H3. The van der Waals surface area contributed by atoms with Crippen LogP contribution in [0.2, 0.25) is 0 Å². The van der Waals surface area contributed by atoms with Crippen molar-refractivity contribution in [3.8, 4) is 11.5 Å². The van der Waals surface area contributed by atoms with E-state index < -0.39 is 0 Å². The molecule has 0 aromatic heterocycles. The lowest BCUT2D eigenvalue weighted by Crippen LogP contribution is -2.03. The third-order valence-electron chi connectivity index (χ3n) is 3.23. The summed E-state index contributed by atoms with van der Waals surface area (Å²) in [6, 6.07) is 0. The molecule has 2 heteroatoms. The van der Waals surface area contributed by atoms with Crippen LogP contribution in [0.15, 0.2) is 0 Å². The number of phenolic OH excluding ortho intramolecular Hbond substituents is 2. The van der Waals surface area contributed by atoms with Crippen LogP contribution < -0.4 is 0 Å². The average molecular weight is 222 g/mol. The predicted molar refractivity (Wildman–Crippen MR) is 67.4 cm³/mol. The molecule has 0 bridgehead atoms. The Morgan fingerprint density at radius 2 is 0.938 bits per heavy atom. The summed E-state index contributed by atoms with van der Waals surface area (Å²) in [6.07, 6.45) is 0. The third kappa shape index (κ3) is 1.89. The van der Waals surface area contributed by atoms with Crippen LogP contribution in [0.5, 0.6) is 11.5 Å². The molecule has 0 fully saturated rings. The molecule has 0 atom stereocenters. The number of benzene rings is 1. The van der Waals surface area contributed by atoms with Crippen molar-refractivity contribution in [2.45, 2.75) is 53.4 Å². The molecule has 2 N–H and O–H groups in total. The van der Waals surface area contributed by atoms with Gasteiger partial charge in [-0.3, -0.25) is 0 Å². The molecule has 0 unspecified atom stereocenters. The normalized spacial score (nSPS) is 11.5. The number of phenols is 2. The van der Waals surface area contributed by atoms with Crippen molar-refractivity contribution in [1.29, 1.82) is 0 Å². The lowest BCUT2D eigenvalue weighted by atomic mass is 9.85. The smallest absolute Gasteiger partial charge is 0.122 e. The van der Waals surface area contributed by atoms with Gasteiger partial charge in [0.2, 0.25) is 0 Å². The van der Waals surface area contributed by atoms with Crippen LogP contribution >= 0.6 is 0 Å². The maximum atomic E-state index is 10.2. The molecule has 16 heavy (non-hydrogen) atoms. The molecule has 0 saturated heterocycles. The quantitative estimate of drug-likeness (QED) is 0.743. The van der Waals surface area contributed by atoms with Gasteiger partial charge in [0.05, 0.1) is 0 Å². The molecule has 1 aromatic rings. The summed E-state index contributed by atoms with van der Waals surface area (Å²) in [7, 11) is 0. The van der Waals surface area contributed by atoms with Gasteiger partial charge in [-0.2, -0.15) is 0 Å². The summed E-state index contributed by atoms with van der Waals surface area (Å²) < 4.78 is 0. The molecule has 1 rings (SSSR count). The van der Waals surface area contributed by atoms with Crippen LogP contribution in [0.1, 0.15) is 61.8 Å². The molecule has 0 radical (unpaired) electrons. The summed E-state index contributed by atoms with van der Waals surface area (Å²) in [5.41, 5.74) is 3.34. The molecule has 0 heterocycles. The Bertz CT molecular complexity index is 365. The SMILES string of the molecule is Cc1c(C)c(O)c(C(C)C)c(C(C)C)c1O. The van der Waals surface area contributed by atoms with Crippen molar-refractivity contribution in [3.05, 3.63) is 22.3 Å². The van der Waals surface area contributed by atoms with E-state index in [-0.39, 0.29) is 11.8 Å². The minimum absolute atomic E-state index is 0.211. The maximum absolute atomic E-state index is 10.2. The lowest BCUT2D eigenvalue weighted by molar-refractivity contribution is 0.435. The Morgan fingerprint density at radius 1 is 0.688 bits per heavy atom. The van der Waals surface area contributed by atoms with Gasteiger partial charge in [0, 0.05) is 11.1 Å². The Hall–Kier alpha value is -1.18. The summed E-state index contributed by atoms with van der Waals surface area (Å²) in [5, 5.41) is 20.4. The van der Waals surface area contributed by atoms with E-state index in [2.05, 4.69) is 0 Å². The highest BCUT2D eigenvalue weighted by atomic mass is 16.3. The highest BCUT2D eigenvalue weighted by Crippen LogP contribution is 2.43. The maximum Gasteiger partial charge on any atom is 0.122 e. The third-order valence-corrected chi connectivity index (χ3v) is 3.23. The number of rotatable bonds is 2. The topological polar surface area (TPSA) is 40.5 Å². The Labute approximate surface area is 97.9 Å². The van der Waals surface area contributed by atoms with Gasteiger partial charge in [-0.1, -0.05) is 27.7 Å². The first-order chi connectivity index (χ1) is 7.29. The molecule has 1 aromatic carbocycles. The van der Waals surface area contributed by atoms with Crippen molar-refractivity contribution in [3.63, 3.8) is 0 Å². The molecule has 0 aliphatic rings. The van der Waals surface area contributed by atoms with Gasteiger partial charge in [0.1, 0.15) is 11.5 Å². The molecular formula is C14H22O2. The van der Waals surface area contributed by atoms with E-state index in [0.29, 0.717) is 11.5 Å². The number of aromatic hydroxyl groups is 2. The van der Waals surface area contributed by atoms with E-state index in [9.17, 15) is 10.2 Å². The monoisotopic (exact) mass is 222 g/mol. The van der Waals surface area contributed by atoms with Crippen LogP contribution in [0, 0.1) is 13.8 Å². The Morgan fingerprint density at radius 3 is 1.12 bits per heavy atom. The number of hydrogen-bond donors (Lipinski definition) is 2. The fraction of sp³-hybridized carbons (Fsp3) is 0.571. The first-order valence-corrected chi connectivity index (χ1v) is 5.83. The lowest BCUT2D eigenvalue weighted by Gasteiger charge is -2.22. The van der Waals surface area contributed by atoms with E-state index >= 15 is 0 Å². The second-order valence-electron chi connectivity index (χ2n) is 5.08. The van der Waals surface area contributed by atoms with E-state index in [1.807, 2.05) is 41.5 Å². The van der Waals surface area contributed by atoms with Gasteiger partial charge in [0.15, 0.2) is 0 Å². The molecule has 2 nitrogen and oxygen atoms in total. The van der Waals surface area contributed by atoms with Crippen molar-refractivity contribution >= 4 is 0 Å². The second kappa shape index (κ2) is 4.36. The van der Waals surface area contributed by atoms with Crippen molar-refractivity contribution in [2.75, 3.05) is 0 Å². The second-order valence-corrected chi connectivity index (χ2v) is 5.08. The molecule has 90 valence electrons. The van der Waals surface area contributed by atoms with Gasteiger partial charge >= 0.3 is 0 Å². The van der Waals surface area contributed by atoms with Crippen LogP contribution in [0.3, 0.4) is 0 Å². The van der Waals surface area contributed by atoms with E-state index in [1.165, 1.54) is 0 Å². The van der Waals surface area contributed by atoms with Crippen LogP contribution in [-0.2, 0) is 0 Å². The van der Waals surface area contributed by atoms with Gasteiger partial charge in [0.25, 0.3) is 0 Å². The molecule has 0 spiro atoms. The van der Waals surface area contributed by atoms with Crippen molar-refractivity contribution in [2.24, 2.45) is 0 Å². The average Bonchev–Trinajstić information content (AvgIpc) is 2.18. The van der Waals surface area contributed by atoms with Crippen LogP contribution in [0.4, 0.5) is 0 Å². The molecular weight excluding hydrogens is 200 g/mol. The van der Waals surface area contributed by atoms with Gasteiger partial charge in [-0.05, 0) is 36.8 Å².